The molecular weight excluding hydrogens is 376 g/mol. The summed E-state index contributed by atoms with van der Waals surface area (Å²) in [4.78, 5) is 27.3. The molecule has 3 rings (SSSR count). The Morgan fingerprint density at radius 1 is 1.04 bits per heavy atom. The number of hydrogen-bond acceptors (Lipinski definition) is 4. The van der Waals surface area contributed by atoms with Crippen molar-refractivity contribution in [3.05, 3.63) is 75.6 Å². The summed E-state index contributed by atoms with van der Waals surface area (Å²) < 4.78 is 24.5. The number of aryl methyl sites for hydroxylation is 2. The zero-order valence-electron chi connectivity index (χ0n) is 15.8. The largest absolute Gasteiger partial charge is 0.352 e. The lowest BCUT2D eigenvalue weighted by Gasteiger charge is -2.08. The van der Waals surface area contributed by atoms with E-state index in [0.29, 0.717) is 5.56 Å². The van der Waals surface area contributed by atoms with Gasteiger partial charge in [-0.05, 0) is 60.7 Å². The smallest absolute Gasteiger partial charge is 0.253 e. The zero-order chi connectivity index (χ0) is 20.3. The Morgan fingerprint density at radius 3 is 2.43 bits per heavy atom. The van der Waals surface area contributed by atoms with Crippen molar-refractivity contribution < 1.29 is 13.2 Å². The summed E-state index contributed by atoms with van der Waals surface area (Å²) in [5.74, 6) is -0.700. The van der Waals surface area contributed by atoms with Crippen molar-refractivity contribution in [2.75, 3.05) is 5.75 Å². The summed E-state index contributed by atoms with van der Waals surface area (Å²) in [6.07, 6.45) is -0.166. The van der Waals surface area contributed by atoms with E-state index in [1.165, 1.54) is 12.1 Å². The number of carbonyl (C=O) groups excluding carboxylic acids is 1. The second kappa shape index (κ2) is 7.98. The molecule has 146 valence electrons. The van der Waals surface area contributed by atoms with Gasteiger partial charge in [0.15, 0.2) is 9.84 Å². The Hall–Kier alpha value is -2.93. The predicted octanol–water partition coefficient (Wildman–Crippen LogP) is 2.63. The predicted molar refractivity (Wildman–Crippen MR) is 109 cm³/mol. The fraction of sp³-hybridized carbons (Fsp3) is 0.238. The Kier molecular flexibility index (Phi) is 5.65. The van der Waals surface area contributed by atoms with Crippen molar-refractivity contribution in [3.8, 4) is 0 Å². The van der Waals surface area contributed by atoms with Crippen LogP contribution < -0.4 is 10.9 Å². The van der Waals surface area contributed by atoms with Gasteiger partial charge in [-0.3, -0.25) is 9.59 Å². The van der Waals surface area contributed by atoms with Gasteiger partial charge >= 0.3 is 0 Å². The van der Waals surface area contributed by atoms with Crippen LogP contribution in [0.2, 0.25) is 0 Å². The molecule has 0 spiro atoms. The summed E-state index contributed by atoms with van der Waals surface area (Å²) in [6, 6.07) is 13.7. The number of sulfone groups is 1. The molecule has 2 N–H and O–H groups in total. The molecule has 6 nitrogen and oxygen atoms in total. The average Bonchev–Trinajstić information content (AvgIpc) is 2.67. The van der Waals surface area contributed by atoms with Gasteiger partial charge in [-0.15, -0.1) is 0 Å². The first-order chi connectivity index (χ1) is 13.3. The third-order valence-corrected chi connectivity index (χ3v) is 6.44. The normalized spacial score (nSPS) is 11.5. The van der Waals surface area contributed by atoms with Crippen molar-refractivity contribution in [1.29, 1.82) is 0 Å². The Labute approximate surface area is 163 Å². The maximum absolute atomic E-state index is 12.2. The molecule has 0 aliphatic rings. The molecule has 1 amide bonds. The van der Waals surface area contributed by atoms with Gasteiger partial charge in [0.1, 0.15) is 0 Å². The minimum absolute atomic E-state index is 0.0441. The number of aromatic nitrogens is 1. The molecule has 28 heavy (non-hydrogen) atoms. The van der Waals surface area contributed by atoms with E-state index < -0.39 is 15.7 Å². The van der Waals surface area contributed by atoms with Crippen molar-refractivity contribution in [2.24, 2.45) is 0 Å². The molecule has 0 saturated heterocycles. The van der Waals surface area contributed by atoms with Crippen LogP contribution in [-0.2, 0) is 21.2 Å². The number of H-pyrrole nitrogens is 1. The Balaban J connectivity index is 1.65. The van der Waals surface area contributed by atoms with E-state index in [2.05, 4.69) is 10.3 Å². The quantitative estimate of drug-likeness (QED) is 0.667. The molecule has 0 unspecified atom stereocenters. The highest BCUT2D eigenvalue weighted by Gasteiger charge is 2.16. The SMILES string of the molecule is Cc1cc2cc(CNC(=O)CCS(=O)(=O)c3ccccc3)c(=O)[nH]c2cc1C. The lowest BCUT2D eigenvalue weighted by Crippen LogP contribution is -2.28. The number of aromatic amines is 1. The van der Waals surface area contributed by atoms with Crippen molar-refractivity contribution >= 4 is 26.6 Å². The van der Waals surface area contributed by atoms with E-state index >= 15 is 0 Å². The van der Waals surface area contributed by atoms with E-state index in [-0.39, 0.29) is 29.2 Å². The van der Waals surface area contributed by atoms with Gasteiger partial charge < -0.3 is 10.3 Å². The topological polar surface area (TPSA) is 96.1 Å². The molecule has 0 fully saturated rings. The number of fused-ring (bicyclic) bond motifs is 1. The van der Waals surface area contributed by atoms with Crippen LogP contribution in [0, 0.1) is 13.8 Å². The van der Waals surface area contributed by atoms with Gasteiger partial charge in [0, 0.05) is 24.0 Å². The number of rotatable bonds is 6. The van der Waals surface area contributed by atoms with E-state index in [4.69, 9.17) is 0 Å². The molecule has 0 aliphatic carbocycles. The lowest BCUT2D eigenvalue weighted by molar-refractivity contribution is -0.120. The maximum Gasteiger partial charge on any atom is 0.253 e. The summed E-state index contributed by atoms with van der Waals surface area (Å²) >= 11 is 0. The molecule has 0 aliphatic heterocycles. The third kappa shape index (κ3) is 4.48. The third-order valence-electron chi connectivity index (χ3n) is 4.71. The minimum Gasteiger partial charge on any atom is -0.352 e. The molecule has 7 heteroatoms. The maximum atomic E-state index is 12.2. The van der Waals surface area contributed by atoms with Gasteiger partial charge in [0.25, 0.3) is 5.56 Å². The van der Waals surface area contributed by atoms with Crippen LogP contribution >= 0.6 is 0 Å². The minimum atomic E-state index is -3.51. The number of benzene rings is 2. The Morgan fingerprint density at radius 2 is 1.71 bits per heavy atom. The van der Waals surface area contributed by atoms with Crippen LogP contribution in [0.25, 0.3) is 10.9 Å². The molecule has 1 aromatic heterocycles. The van der Waals surface area contributed by atoms with Crippen LogP contribution in [0.15, 0.2) is 58.2 Å². The molecule has 1 heterocycles. The molecule has 0 atom stereocenters. The van der Waals surface area contributed by atoms with E-state index in [9.17, 15) is 18.0 Å². The summed E-state index contributed by atoms with van der Waals surface area (Å²) in [5.41, 5.74) is 3.10. The molecule has 3 aromatic rings. The lowest BCUT2D eigenvalue weighted by atomic mass is 10.0. The van der Waals surface area contributed by atoms with Gasteiger partial charge in [-0.2, -0.15) is 0 Å². The second-order valence-corrected chi connectivity index (χ2v) is 8.92. The molecule has 0 saturated carbocycles. The van der Waals surface area contributed by atoms with Crippen molar-refractivity contribution in [1.82, 2.24) is 10.3 Å². The molecule has 0 bridgehead atoms. The van der Waals surface area contributed by atoms with Crippen molar-refractivity contribution in [3.63, 3.8) is 0 Å². The summed E-state index contributed by atoms with van der Waals surface area (Å²) in [5, 5.41) is 3.52. The van der Waals surface area contributed by atoms with Crippen LogP contribution in [0.1, 0.15) is 23.1 Å². The zero-order valence-corrected chi connectivity index (χ0v) is 16.6. The number of hydrogen-bond donors (Lipinski definition) is 2. The highest BCUT2D eigenvalue weighted by atomic mass is 32.2. The Bertz CT molecular complexity index is 1180. The summed E-state index contributed by atoms with van der Waals surface area (Å²) in [7, 11) is -3.51. The van der Waals surface area contributed by atoms with E-state index in [1.807, 2.05) is 26.0 Å². The highest BCUT2D eigenvalue weighted by Crippen LogP contribution is 2.17. The van der Waals surface area contributed by atoms with E-state index in [1.54, 1.807) is 24.3 Å². The average molecular weight is 398 g/mol. The second-order valence-electron chi connectivity index (χ2n) is 6.81. The van der Waals surface area contributed by atoms with Crippen molar-refractivity contribution in [2.45, 2.75) is 31.7 Å². The first-order valence-electron chi connectivity index (χ1n) is 8.94. The van der Waals surface area contributed by atoms with Crippen LogP contribution in [0.3, 0.4) is 0 Å². The van der Waals surface area contributed by atoms with Gasteiger partial charge in [-0.1, -0.05) is 18.2 Å². The van der Waals surface area contributed by atoms with Crippen LogP contribution in [-0.4, -0.2) is 25.1 Å². The van der Waals surface area contributed by atoms with Crippen LogP contribution in [0.5, 0.6) is 0 Å². The number of amides is 1. The first kappa shape index (κ1) is 19.8. The molecule has 0 radical (unpaired) electrons. The van der Waals surface area contributed by atoms with Gasteiger partial charge in [-0.25, -0.2) is 8.42 Å². The van der Waals surface area contributed by atoms with E-state index in [0.717, 1.165) is 22.0 Å². The fourth-order valence-electron chi connectivity index (χ4n) is 2.91. The van der Waals surface area contributed by atoms with Crippen LogP contribution in [0.4, 0.5) is 0 Å². The van der Waals surface area contributed by atoms with Gasteiger partial charge in [0.2, 0.25) is 5.91 Å². The van der Waals surface area contributed by atoms with Gasteiger partial charge in [0.05, 0.1) is 10.6 Å². The summed E-state index contributed by atoms with van der Waals surface area (Å²) in [6.45, 7) is 4.02. The number of pyridine rings is 1. The highest BCUT2D eigenvalue weighted by molar-refractivity contribution is 7.91. The molecular formula is C21H22N2O4S. The standard InChI is InChI=1S/C21H22N2O4S/c1-14-10-16-12-17(21(25)23-19(16)11-15(14)2)13-22-20(24)8-9-28(26,27)18-6-4-3-5-7-18/h3-7,10-12H,8-9,13H2,1-2H3,(H,22,24)(H,23,25). The monoisotopic (exact) mass is 398 g/mol. The fourth-order valence-corrected chi connectivity index (χ4v) is 4.17. The first-order valence-corrected chi connectivity index (χ1v) is 10.6. The number of carbonyl (C=O) groups is 1. The molecule has 2 aromatic carbocycles. The number of nitrogens with one attached hydrogen (secondary N) is 2.